The summed E-state index contributed by atoms with van der Waals surface area (Å²) in [7, 11) is 1.70. The van der Waals surface area contributed by atoms with E-state index in [1.54, 1.807) is 7.11 Å². The highest BCUT2D eigenvalue weighted by Gasteiger charge is 2.09. The van der Waals surface area contributed by atoms with Gasteiger partial charge in [0.2, 0.25) is 0 Å². The molecule has 0 fully saturated rings. The molecule has 0 aliphatic rings. The van der Waals surface area contributed by atoms with Gasteiger partial charge in [-0.1, -0.05) is 34.1 Å². The van der Waals surface area contributed by atoms with Gasteiger partial charge in [-0.05, 0) is 49.2 Å². The maximum absolute atomic E-state index is 5.41. The molecule has 0 radical (unpaired) electrons. The topological polar surface area (TPSA) is 21.3 Å². The molecule has 0 heterocycles. The highest BCUT2D eigenvalue weighted by Crippen LogP contribution is 2.29. The van der Waals surface area contributed by atoms with Crippen LogP contribution in [0.2, 0.25) is 0 Å². The molecular formula is C16H18BrNO. The maximum Gasteiger partial charge on any atom is 0.142 e. The van der Waals surface area contributed by atoms with Crippen molar-refractivity contribution in [1.29, 1.82) is 0 Å². The van der Waals surface area contributed by atoms with Gasteiger partial charge in [0, 0.05) is 10.5 Å². The Hall–Kier alpha value is -1.48. The number of nitrogens with one attached hydrogen (secondary N) is 1. The average Bonchev–Trinajstić information content (AvgIpc) is 2.41. The molecule has 0 aliphatic carbocycles. The standard InChI is InChI=1S/C16H18BrNO/c1-11-4-9-15(16(10-11)19-3)18-12(2)13-5-7-14(17)8-6-13/h4-10,12,18H,1-3H3. The van der Waals surface area contributed by atoms with Crippen LogP contribution in [0.4, 0.5) is 5.69 Å². The molecule has 0 aliphatic heterocycles. The monoisotopic (exact) mass is 319 g/mol. The van der Waals surface area contributed by atoms with Crippen molar-refractivity contribution < 1.29 is 4.74 Å². The predicted octanol–water partition coefficient (Wildman–Crippen LogP) is 4.94. The van der Waals surface area contributed by atoms with Crippen LogP contribution in [-0.4, -0.2) is 7.11 Å². The fourth-order valence-corrected chi connectivity index (χ4v) is 2.25. The summed E-state index contributed by atoms with van der Waals surface area (Å²) in [5.74, 6) is 0.879. The van der Waals surface area contributed by atoms with Crippen LogP contribution in [-0.2, 0) is 0 Å². The van der Waals surface area contributed by atoms with Gasteiger partial charge in [0.15, 0.2) is 0 Å². The average molecular weight is 320 g/mol. The van der Waals surface area contributed by atoms with E-state index in [1.165, 1.54) is 11.1 Å². The number of ether oxygens (including phenoxy) is 1. The fourth-order valence-electron chi connectivity index (χ4n) is 1.99. The molecule has 2 aromatic rings. The second-order valence-electron chi connectivity index (χ2n) is 4.62. The molecule has 100 valence electrons. The molecule has 0 saturated carbocycles. The quantitative estimate of drug-likeness (QED) is 0.861. The van der Waals surface area contributed by atoms with Gasteiger partial charge in [0.1, 0.15) is 5.75 Å². The molecule has 19 heavy (non-hydrogen) atoms. The first-order valence-corrected chi connectivity index (χ1v) is 7.06. The summed E-state index contributed by atoms with van der Waals surface area (Å²) in [5.41, 5.74) is 3.45. The SMILES string of the molecule is COc1cc(C)ccc1NC(C)c1ccc(Br)cc1. The Morgan fingerprint density at radius 1 is 1.11 bits per heavy atom. The van der Waals surface area contributed by atoms with Crippen molar-refractivity contribution in [3.8, 4) is 5.75 Å². The van der Waals surface area contributed by atoms with Gasteiger partial charge in [-0.3, -0.25) is 0 Å². The maximum atomic E-state index is 5.41. The van der Waals surface area contributed by atoms with E-state index < -0.39 is 0 Å². The zero-order chi connectivity index (χ0) is 13.8. The lowest BCUT2D eigenvalue weighted by Gasteiger charge is -2.18. The summed E-state index contributed by atoms with van der Waals surface area (Å²) in [4.78, 5) is 0. The van der Waals surface area contributed by atoms with E-state index in [-0.39, 0.29) is 6.04 Å². The van der Waals surface area contributed by atoms with Gasteiger partial charge in [-0.25, -0.2) is 0 Å². The van der Waals surface area contributed by atoms with Crippen molar-refractivity contribution in [2.75, 3.05) is 12.4 Å². The summed E-state index contributed by atoms with van der Waals surface area (Å²) in [5, 5.41) is 3.48. The first-order valence-electron chi connectivity index (χ1n) is 6.27. The summed E-state index contributed by atoms with van der Waals surface area (Å²) in [6.45, 7) is 4.20. The van der Waals surface area contributed by atoms with Crippen molar-refractivity contribution in [2.45, 2.75) is 19.9 Å². The highest BCUT2D eigenvalue weighted by atomic mass is 79.9. The first-order chi connectivity index (χ1) is 9.10. The van der Waals surface area contributed by atoms with E-state index in [0.29, 0.717) is 0 Å². The van der Waals surface area contributed by atoms with Gasteiger partial charge in [0.05, 0.1) is 12.8 Å². The molecule has 0 amide bonds. The van der Waals surface area contributed by atoms with Crippen LogP contribution >= 0.6 is 15.9 Å². The molecule has 2 nitrogen and oxygen atoms in total. The van der Waals surface area contributed by atoms with Crippen LogP contribution < -0.4 is 10.1 Å². The van der Waals surface area contributed by atoms with E-state index in [4.69, 9.17) is 4.74 Å². The van der Waals surface area contributed by atoms with Crippen LogP contribution in [0, 0.1) is 6.92 Å². The fraction of sp³-hybridized carbons (Fsp3) is 0.250. The van der Waals surface area contributed by atoms with Crippen LogP contribution in [0.5, 0.6) is 5.75 Å². The first kappa shape index (κ1) is 13.9. The van der Waals surface area contributed by atoms with E-state index >= 15 is 0 Å². The molecule has 0 saturated heterocycles. The lowest BCUT2D eigenvalue weighted by atomic mass is 10.1. The number of hydrogen-bond acceptors (Lipinski definition) is 2. The van der Waals surface area contributed by atoms with Gasteiger partial charge in [0.25, 0.3) is 0 Å². The number of halogens is 1. The van der Waals surface area contributed by atoms with E-state index in [2.05, 4.69) is 71.5 Å². The van der Waals surface area contributed by atoms with Crippen LogP contribution in [0.15, 0.2) is 46.9 Å². The zero-order valence-electron chi connectivity index (χ0n) is 11.4. The van der Waals surface area contributed by atoms with E-state index in [9.17, 15) is 0 Å². The molecule has 1 unspecified atom stereocenters. The molecule has 0 spiro atoms. The predicted molar refractivity (Wildman–Crippen MR) is 83.9 cm³/mol. The zero-order valence-corrected chi connectivity index (χ0v) is 13.0. The summed E-state index contributed by atoms with van der Waals surface area (Å²) in [6, 6.07) is 14.7. The van der Waals surface area contributed by atoms with Crippen LogP contribution in [0.25, 0.3) is 0 Å². The second-order valence-corrected chi connectivity index (χ2v) is 5.54. The Labute approximate surface area is 122 Å². The third kappa shape index (κ3) is 3.51. The highest BCUT2D eigenvalue weighted by molar-refractivity contribution is 9.10. The third-order valence-electron chi connectivity index (χ3n) is 3.10. The van der Waals surface area contributed by atoms with Gasteiger partial charge in [-0.15, -0.1) is 0 Å². The van der Waals surface area contributed by atoms with Crippen molar-refractivity contribution >= 4 is 21.6 Å². The minimum atomic E-state index is 0.227. The van der Waals surface area contributed by atoms with Gasteiger partial charge in [-0.2, -0.15) is 0 Å². The molecular weight excluding hydrogens is 302 g/mol. The van der Waals surface area contributed by atoms with Crippen molar-refractivity contribution in [3.05, 3.63) is 58.1 Å². The Morgan fingerprint density at radius 3 is 2.42 bits per heavy atom. The molecule has 1 atom stereocenters. The lowest BCUT2D eigenvalue weighted by molar-refractivity contribution is 0.416. The molecule has 1 N–H and O–H groups in total. The van der Waals surface area contributed by atoms with E-state index in [0.717, 1.165) is 15.9 Å². The number of hydrogen-bond donors (Lipinski definition) is 1. The number of benzene rings is 2. The molecule has 0 bridgehead atoms. The molecule has 2 aromatic carbocycles. The number of rotatable bonds is 4. The number of methoxy groups -OCH3 is 1. The van der Waals surface area contributed by atoms with Crippen molar-refractivity contribution in [3.63, 3.8) is 0 Å². The van der Waals surface area contributed by atoms with Crippen molar-refractivity contribution in [2.24, 2.45) is 0 Å². The summed E-state index contributed by atoms with van der Waals surface area (Å²) in [6.07, 6.45) is 0. The lowest BCUT2D eigenvalue weighted by Crippen LogP contribution is -2.07. The smallest absolute Gasteiger partial charge is 0.142 e. The Bertz CT molecular complexity index is 551. The molecule has 0 aromatic heterocycles. The minimum absolute atomic E-state index is 0.227. The largest absolute Gasteiger partial charge is 0.495 e. The molecule has 3 heteroatoms. The number of aryl methyl sites for hydroxylation is 1. The number of anilines is 1. The second kappa shape index (κ2) is 6.11. The normalized spacial score (nSPS) is 12.0. The van der Waals surface area contributed by atoms with Gasteiger partial charge < -0.3 is 10.1 Å². The van der Waals surface area contributed by atoms with Gasteiger partial charge >= 0.3 is 0 Å². The Kier molecular flexibility index (Phi) is 4.48. The summed E-state index contributed by atoms with van der Waals surface area (Å²) >= 11 is 3.45. The minimum Gasteiger partial charge on any atom is -0.495 e. The third-order valence-corrected chi connectivity index (χ3v) is 3.63. The Morgan fingerprint density at radius 2 is 1.79 bits per heavy atom. The van der Waals surface area contributed by atoms with Crippen LogP contribution in [0.1, 0.15) is 24.1 Å². The van der Waals surface area contributed by atoms with E-state index in [1.807, 2.05) is 6.07 Å². The summed E-state index contributed by atoms with van der Waals surface area (Å²) < 4.78 is 6.51. The van der Waals surface area contributed by atoms with Crippen LogP contribution in [0.3, 0.4) is 0 Å². The van der Waals surface area contributed by atoms with Crippen molar-refractivity contribution in [1.82, 2.24) is 0 Å². The Balaban J connectivity index is 2.18. The molecule has 2 rings (SSSR count).